The van der Waals surface area contributed by atoms with E-state index in [1.54, 1.807) is 6.92 Å². The number of aromatic nitrogens is 4. The molecule has 2 rings (SSSR count). The minimum Gasteiger partial charge on any atom is -0.481 e. The monoisotopic (exact) mass is 368 g/mol. The lowest BCUT2D eigenvalue weighted by atomic mass is 10.2. The van der Waals surface area contributed by atoms with Crippen molar-refractivity contribution in [3.8, 4) is 5.88 Å². The average Bonchev–Trinajstić information content (AvgIpc) is 2.52. The molecule has 0 bridgehead atoms. The van der Waals surface area contributed by atoms with Crippen molar-refractivity contribution in [3.05, 3.63) is 45.8 Å². The summed E-state index contributed by atoms with van der Waals surface area (Å²) in [6, 6.07) is 0. The van der Waals surface area contributed by atoms with Crippen LogP contribution in [-0.4, -0.2) is 32.8 Å². The van der Waals surface area contributed by atoms with E-state index < -0.39 is 35.7 Å². The van der Waals surface area contributed by atoms with E-state index in [0.717, 1.165) is 0 Å². The van der Waals surface area contributed by atoms with E-state index in [-0.39, 0.29) is 11.4 Å². The van der Waals surface area contributed by atoms with Crippen LogP contribution >= 0.6 is 0 Å². The second-order valence-corrected chi connectivity index (χ2v) is 4.86. The lowest BCUT2D eigenvalue weighted by molar-refractivity contribution is -0.292. The van der Waals surface area contributed by atoms with Crippen molar-refractivity contribution in [3.63, 3.8) is 0 Å². The zero-order chi connectivity index (χ0) is 19.0. The van der Waals surface area contributed by atoms with E-state index >= 15 is 0 Å². The van der Waals surface area contributed by atoms with Gasteiger partial charge in [0, 0.05) is 6.20 Å². The first-order chi connectivity index (χ1) is 11.5. The Kier molecular flexibility index (Phi) is 4.73. The lowest BCUT2D eigenvalue weighted by Gasteiger charge is -2.19. The summed E-state index contributed by atoms with van der Waals surface area (Å²) in [5.41, 5.74) is -3.81. The van der Waals surface area contributed by atoms with Gasteiger partial charge in [-0.05, 0) is 6.92 Å². The predicted molar refractivity (Wildman–Crippen MR) is 70.8 cm³/mol. The Morgan fingerprint density at radius 2 is 1.84 bits per heavy atom. The summed E-state index contributed by atoms with van der Waals surface area (Å²) in [7, 11) is 1.26. The first kappa shape index (κ1) is 18.7. The van der Waals surface area contributed by atoms with Gasteiger partial charge in [0.25, 0.3) is 5.56 Å². The van der Waals surface area contributed by atoms with Gasteiger partial charge < -0.3 is 4.74 Å². The van der Waals surface area contributed by atoms with Crippen LogP contribution in [0.25, 0.3) is 0 Å². The van der Waals surface area contributed by atoms with Gasteiger partial charge in [-0.15, -0.1) is 0 Å². The van der Waals surface area contributed by atoms with Crippen LogP contribution in [-0.2, 0) is 12.5 Å². The number of methoxy groups -OCH3 is 1. The molecule has 0 aliphatic heterocycles. The molecule has 12 heteroatoms. The summed E-state index contributed by atoms with van der Waals surface area (Å²) in [4.78, 5) is 22.3. The molecule has 0 saturated carbocycles. The van der Waals surface area contributed by atoms with Crippen molar-refractivity contribution >= 4 is 0 Å². The van der Waals surface area contributed by atoms with Crippen LogP contribution in [0.4, 0.5) is 26.3 Å². The molecule has 0 fully saturated rings. The van der Waals surface area contributed by atoms with Gasteiger partial charge in [-0.1, -0.05) is 0 Å². The molecular weight excluding hydrogens is 358 g/mol. The summed E-state index contributed by atoms with van der Waals surface area (Å²) in [6.07, 6.45) is -4.46. The van der Waals surface area contributed by atoms with Crippen LogP contribution in [0.15, 0.2) is 17.3 Å². The molecule has 0 aliphatic rings. The van der Waals surface area contributed by atoms with Gasteiger partial charge in [0.05, 0.1) is 25.5 Å². The first-order valence-electron chi connectivity index (χ1n) is 6.55. The maximum atomic E-state index is 13.8. The average molecular weight is 368 g/mol. The van der Waals surface area contributed by atoms with Gasteiger partial charge >= 0.3 is 12.1 Å². The number of aryl methyl sites for hydroxylation is 1. The molecule has 0 saturated heterocycles. The number of nitrogens with zero attached hydrogens (tertiary/aromatic N) is 4. The Balaban J connectivity index is 2.47. The highest BCUT2D eigenvalue weighted by Crippen LogP contribution is 2.43. The Labute approximate surface area is 136 Å². The zero-order valence-electron chi connectivity index (χ0n) is 12.7. The third-order valence-electron chi connectivity index (χ3n) is 3.12. The fraction of sp³-hybridized carbons (Fsp3) is 0.385. The molecule has 0 spiro atoms. The second-order valence-electron chi connectivity index (χ2n) is 4.86. The van der Waals surface area contributed by atoms with Crippen LogP contribution in [0.1, 0.15) is 17.1 Å². The largest absolute Gasteiger partial charge is 0.481 e. The van der Waals surface area contributed by atoms with E-state index in [9.17, 15) is 31.1 Å². The molecule has 0 radical (unpaired) electrons. The fourth-order valence-corrected chi connectivity index (χ4v) is 1.87. The van der Waals surface area contributed by atoms with E-state index in [1.807, 2.05) is 0 Å². The highest BCUT2D eigenvalue weighted by molar-refractivity contribution is 5.24. The molecule has 2 aromatic heterocycles. The molecule has 0 unspecified atom stereocenters. The van der Waals surface area contributed by atoms with Crippen LogP contribution < -0.4 is 10.3 Å². The molecule has 0 N–H and O–H groups in total. The lowest BCUT2D eigenvalue weighted by Crippen LogP contribution is -2.39. The predicted octanol–water partition coefficient (Wildman–Crippen LogP) is 2.19. The summed E-state index contributed by atoms with van der Waals surface area (Å²) < 4.78 is 82.6. The molecule has 2 aromatic rings. The minimum absolute atomic E-state index is 0.0320. The van der Waals surface area contributed by atoms with Crippen LogP contribution in [0, 0.1) is 12.7 Å². The van der Waals surface area contributed by atoms with E-state index in [0.29, 0.717) is 16.7 Å². The molecule has 136 valence electrons. The van der Waals surface area contributed by atoms with Gasteiger partial charge in [0.1, 0.15) is 5.82 Å². The number of ether oxygens (including phenoxy) is 1. The van der Waals surface area contributed by atoms with Crippen molar-refractivity contribution in [2.45, 2.75) is 25.6 Å². The van der Waals surface area contributed by atoms with E-state index in [4.69, 9.17) is 4.74 Å². The Morgan fingerprint density at radius 3 is 2.40 bits per heavy atom. The van der Waals surface area contributed by atoms with Crippen molar-refractivity contribution in [2.24, 2.45) is 0 Å². The number of hydrogen-bond acceptors (Lipinski definition) is 5. The third kappa shape index (κ3) is 3.42. The highest BCUT2D eigenvalue weighted by atomic mass is 19.4. The van der Waals surface area contributed by atoms with E-state index in [1.165, 1.54) is 13.3 Å². The second kappa shape index (κ2) is 6.33. The molecule has 0 amide bonds. The highest BCUT2D eigenvalue weighted by Gasteiger charge is 2.61. The molecular formula is C13H10F6N4O2. The van der Waals surface area contributed by atoms with Crippen LogP contribution in [0.3, 0.4) is 0 Å². The number of rotatable bonds is 4. The molecule has 0 aliphatic carbocycles. The van der Waals surface area contributed by atoms with Gasteiger partial charge in [0.2, 0.25) is 11.7 Å². The van der Waals surface area contributed by atoms with Crippen molar-refractivity contribution < 1.29 is 31.1 Å². The van der Waals surface area contributed by atoms with E-state index in [2.05, 4.69) is 15.0 Å². The number of hydrogen-bond donors (Lipinski definition) is 0. The summed E-state index contributed by atoms with van der Waals surface area (Å²) >= 11 is 0. The maximum absolute atomic E-state index is 13.8. The normalized spacial score (nSPS) is 12.3. The maximum Gasteiger partial charge on any atom is 0.459 e. The Hall–Kier alpha value is -2.66. The summed E-state index contributed by atoms with van der Waals surface area (Å²) in [5.74, 6) is -7.53. The smallest absolute Gasteiger partial charge is 0.459 e. The van der Waals surface area contributed by atoms with Crippen molar-refractivity contribution in [1.82, 2.24) is 19.5 Å². The molecule has 0 aromatic carbocycles. The minimum atomic E-state index is -6.09. The Bertz CT molecular complexity index is 849. The number of halogens is 6. The van der Waals surface area contributed by atoms with Crippen molar-refractivity contribution in [2.75, 3.05) is 7.11 Å². The van der Waals surface area contributed by atoms with Crippen molar-refractivity contribution in [1.29, 1.82) is 0 Å². The quantitative estimate of drug-likeness (QED) is 0.774. The first-order valence-corrected chi connectivity index (χ1v) is 6.55. The standard InChI is InChI=1S/C13H10F6N4O2/c1-6-20-3-7(10(22-6)25-2)4-23-5-21-9(8(14)11(23)24)12(15,16)13(17,18)19/h3,5H,4H2,1-2H3. The molecule has 2 heterocycles. The van der Waals surface area contributed by atoms with Gasteiger partial charge in [0.15, 0.2) is 5.69 Å². The fourth-order valence-electron chi connectivity index (χ4n) is 1.87. The van der Waals surface area contributed by atoms with Gasteiger partial charge in [-0.25, -0.2) is 9.97 Å². The Morgan fingerprint density at radius 1 is 1.20 bits per heavy atom. The van der Waals surface area contributed by atoms with Gasteiger partial charge in [-0.2, -0.15) is 31.3 Å². The number of alkyl halides is 5. The molecule has 25 heavy (non-hydrogen) atoms. The third-order valence-corrected chi connectivity index (χ3v) is 3.12. The molecule has 0 atom stereocenters. The SMILES string of the molecule is COc1nc(C)ncc1Cn1cnc(C(F)(F)C(F)(F)F)c(F)c1=O. The zero-order valence-corrected chi connectivity index (χ0v) is 12.7. The summed E-state index contributed by atoms with van der Waals surface area (Å²) in [6.45, 7) is 1.11. The topological polar surface area (TPSA) is 69.9 Å². The van der Waals surface area contributed by atoms with Crippen LogP contribution in [0.5, 0.6) is 5.88 Å². The summed E-state index contributed by atoms with van der Waals surface area (Å²) in [5, 5.41) is 0. The molecule has 6 nitrogen and oxygen atoms in total. The van der Waals surface area contributed by atoms with Gasteiger partial charge in [-0.3, -0.25) is 9.36 Å². The van der Waals surface area contributed by atoms with Crippen LogP contribution in [0.2, 0.25) is 0 Å².